The molecule has 4 nitrogen and oxygen atoms in total. The molecule has 0 unspecified atom stereocenters. The lowest BCUT2D eigenvalue weighted by Gasteiger charge is -2.44. The topological polar surface area (TPSA) is 57.8 Å². The first-order valence-corrected chi connectivity index (χ1v) is 6.05. The molecule has 0 radical (unpaired) electrons. The molecule has 0 bridgehead atoms. The quantitative estimate of drug-likeness (QED) is 0.718. The molecule has 1 aliphatic heterocycles. The first-order chi connectivity index (χ1) is 8.31. The summed E-state index contributed by atoms with van der Waals surface area (Å²) in [6.45, 7) is 0.615. The van der Waals surface area contributed by atoms with Gasteiger partial charge in [-0.1, -0.05) is 6.42 Å². The van der Waals surface area contributed by atoms with Gasteiger partial charge in [-0.3, -0.25) is 4.79 Å². The predicted octanol–water partition coefficient (Wildman–Crippen LogP) is 1.61. The van der Waals surface area contributed by atoms with Crippen LogP contribution in [0.4, 0.5) is 0 Å². The third-order valence-electron chi connectivity index (χ3n) is 4.22. The summed E-state index contributed by atoms with van der Waals surface area (Å²) in [6.07, 6.45) is 6.87. The van der Waals surface area contributed by atoms with E-state index in [0.717, 1.165) is 30.3 Å². The largest absolute Gasteiger partial charge is 0.351 e. The molecule has 2 aromatic rings. The molecule has 3 heterocycles. The molecule has 1 aliphatic carbocycles. The van der Waals surface area contributed by atoms with Crippen LogP contribution in [0.1, 0.15) is 30.4 Å². The Balaban J connectivity index is 2.09. The number of nitrogens with zero attached hydrogens (tertiary/aromatic N) is 1. The van der Waals surface area contributed by atoms with E-state index in [4.69, 9.17) is 0 Å². The maximum Gasteiger partial charge on any atom is 0.230 e. The number of hydrogen-bond acceptors (Lipinski definition) is 2. The summed E-state index contributed by atoms with van der Waals surface area (Å²) in [6, 6.07) is 2.04. The first-order valence-electron chi connectivity index (χ1n) is 6.05. The summed E-state index contributed by atoms with van der Waals surface area (Å²) in [5, 5.41) is 4.12. The van der Waals surface area contributed by atoms with Crippen molar-refractivity contribution in [1.29, 1.82) is 0 Å². The molecule has 0 saturated heterocycles. The SMILES string of the molecule is O=C1NCc2cnc3[nH]ccc3c2C12CCC2. The average Bonchev–Trinajstić information content (AvgIpc) is 2.74. The fraction of sp³-hybridized carbons (Fsp3) is 0.385. The monoisotopic (exact) mass is 227 g/mol. The van der Waals surface area contributed by atoms with Crippen LogP contribution in [0.5, 0.6) is 0 Å². The summed E-state index contributed by atoms with van der Waals surface area (Å²) in [5.41, 5.74) is 3.02. The van der Waals surface area contributed by atoms with E-state index in [0.29, 0.717) is 6.54 Å². The maximum atomic E-state index is 12.2. The van der Waals surface area contributed by atoms with Crippen LogP contribution in [-0.2, 0) is 16.8 Å². The summed E-state index contributed by atoms with van der Waals surface area (Å²) in [7, 11) is 0. The fourth-order valence-corrected chi connectivity index (χ4v) is 3.21. The van der Waals surface area contributed by atoms with Crippen LogP contribution in [0.3, 0.4) is 0 Å². The van der Waals surface area contributed by atoms with Crippen molar-refractivity contribution in [3.05, 3.63) is 29.6 Å². The van der Waals surface area contributed by atoms with Crippen LogP contribution in [0, 0.1) is 0 Å². The standard InChI is InChI=1S/C13H13N3O/c17-12-13(3-1-4-13)10-8(7-16-12)6-15-11-9(10)2-5-14-11/h2,5-6H,1,3-4,7H2,(H,14,15)(H,16,17). The highest BCUT2D eigenvalue weighted by Crippen LogP contribution is 2.49. The Labute approximate surface area is 98.4 Å². The van der Waals surface area contributed by atoms with Gasteiger partial charge in [0.1, 0.15) is 5.65 Å². The Kier molecular flexibility index (Phi) is 1.56. The number of aromatic amines is 1. The molecule has 1 spiro atoms. The van der Waals surface area contributed by atoms with Crippen molar-refractivity contribution < 1.29 is 4.79 Å². The second-order valence-corrected chi connectivity index (χ2v) is 5.02. The van der Waals surface area contributed by atoms with Crippen LogP contribution < -0.4 is 5.32 Å². The molecule has 1 saturated carbocycles. The van der Waals surface area contributed by atoms with Gasteiger partial charge >= 0.3 is 0 Å². The number of nitrogens with one attached hydrogen (secondary N) is 2. The third-order valence-corrected chi connectivity index (χ3v) is 4.22. The average molecular weight is 227 g/mol. The highest BCUT2D eigenvalue weighted by atomic mass is 16.2. The van der Waals surface area contributed by atoms with Gasteiger partial charge in [0.25, 0.3) is 0 Å². The number of carbonyl (C=O) groups excluding carboxylic acids is 1. The Morgan fingerprint density at radius 1 is 1.35 bits per heavy atom. The second kappa shape index (κ2) is 2.88. The maximum absolute atomic E-state index is 12.2. The number of aromatic nitrogens is 2. The Bertz CT molecular complexity index is 625. The van der Waals surface area contributed by atoms with Crippen molar-refractivity contribution in [2.24, 2.45) is 0 Å². The molecule has 1 amide bonds. The van der Waals surface area contributed by atoms with Crippen LogP contribution in [0.2, 0.25) is 0 Å². The molecule has 0 aromatic carbocycles. The number of rotatable bonds is 0. The van der Waals surface area contributed by atoms with Gasteiger partial charge in [0.2, 0.25) is 5.91 Å². The highest BCUT2D eigenvalue weighted by molar-refractivity contribution is 5.97. The normalized spacial score (nSPS) is 21.1. The van der Waals surface area contributed by atoms with Gasteiger partial charge in [-0.05, 0) is 30.0 Å². The smallest absolute Gasteiger partial charge is 0.230 e. The minimum absolute atomic E-state index is 0.199. The number of carbonyl (C=O) groups is 1. The summed E-state index contributed by atoms with van der Waals surface area (Å²) in [4.78, 5) is 19.7. The Hall–Kier alpha value is -1.84. The van der Waals surface area contributed by atoms with E-state index in [2.05, 4.69) is 15.3 Å². The lowest BCUT2D eigenvalue weighted by molar-refractivity contribution is -0.130. The minimum Gasteiger partial charge on any atom is -0.351 e. The van der Waals surface area contributed by atoms with Crippen molar-refractivity contribution in [2.75, 3.05) is 0 Å². The Morgan fingerprint density at radius 2 is 2.24 bits per heavy atom. The van der Waals surface area contributed by atoms with E-state index in [9.17, 15) is 4.79 Å². The number of fused-ring (bicyclic) bond motifs is 4. The molecule has 2 aliphatic rings. The molecule has 17 heavy (non-hydrogen) atoms. The molecule has 4 heteroatoms. The van der Waals surface area contributed by atoms with E-state index in [1.54, 1.807) is 0 Å². The van der Waals surface area contributed by atoms with Crippen molar-refractivity contribution in [3.8, 4) is 0 Å². The zero-order valence-electron chi connectivity index (χ0n) is 9.42. The molecular formula is C13H13N3O. The van der Waals surface area contributed by atoms with E-state index in [-0.39, 0.29) is 11.3 Å². The van der Waals surface area contributed by atoms with Gasteiger partial charge in [0, 0.05) is 24.3 Å². The second-order valence-electron chi connectivity index (χ2n) is 5.02. The Morgan fingerprint density at radius 3 is 3.00 bits per heavy atom. The lowest BCUT2D eigenvalue weighted by Crippen LogP contribution is -2.52. The molecular weight excluding hydrogens is 214 g/mol. The van der Waals surface area contributed by atoms with Gasteiger partial charge < -0.3 is 10.3 Å². The molecule has 4 rings (SSSR count). The van der Waals surface area contributed by atoms with Crippen LogP contribution in [0.25, 0.3) is 11.0 Å². The van der Waals surface area contributed by atoms with Crippen molar-refractivity contribution >= 4 is 16.9 Å². The highest BCUT2D eigenvalue weighted by Gasteiger charge is 2.49. The van der Waals surface area contributed by atoms with Gasteiger partial charge in [0.15, 0.2) is 0 Å². The van der Waals surface area contributed by atoms with Crippen LogP contribution >= 0.6 is 0 Å². The van der Waals surface area contributed by atoms with Crippen LogP contribution in [-0.4, -0.2) is 15.9 Å². The van der Waals surface area contributed by atoms with Gasteiger partial charge in [-0.2, -0.15) is 0 Å². The minimum atomic E-state index is -0.267. The predicted molar refractivity (Wildman–Crippen MR) is 63.5 cm³/mol. The van der Waals surface area contributed by atoms with Crippen molar-refractivity contribution in [3.63, 3.8) is 0 Å². The zero-order valence-corrected chi connectivity index (χ0v) is 9.42. The molecule has 0 atom stereocenters. The van der Waals surface area contributed by atoms with E-state index < -0.39 is 0 Å². The molecule has 2 N–H and O–H groups in total. The third kappa shape index (κ3) is 0.983. The molecule has 1 fully saturated rings. The summed E-state index contributed by atoms with van der Waals surface area (Å²) in [5.74, 6) is 0.199. The summed E-state index contributed by atoms with van der Waals surface area (Å²) >= 11 is 0. The fourth-order valence-electron chi connectivity index (χ4n) is 3.21. The van der Waals surface area contributed by atoms with Gasteiger partial charge in [-0.15, -0.1) is 0 Å². The number of hydrogen-bond donors (Lipinski definition) is 2. The van der Waals surface area contributed by atoms with E-state index >= 15 is 0 Å². The van der Waals surface area contributed by atoms with E-state index in [1.807, 2.05) is 18.5 Å². The van der Waals surface area contributed by atoms with Gasteiger partial charge in [-0.25, -0.2) is 4.98 Å². The molecule has 2 aromatic heterocycles. The van der Waals surface area contributed by atoms with Crippen LogP contribution in [0.15, 0.2) is 18.5 Å². The molecule has 86 valence electrons. The van der Waals surface area contributed by atoms with E-state index in [1.165, 1.54) is 11.1 Å². The first kappa shape index (κ1) is 9.22. The number of amides is 1. The van der Waals surface area contributed by atoms with Crippen molar-refractivity contribution in [2.45, 2.75) is 31.2 Å². The lowest BCUT2D eigenvalue weighted by atomic mass is 9.61. The number of H-pyrrole nitrogens is 1. The van der Waals surface area contributed by atoms with Gasteiger partial charge in [0.05, 0.1) is 5.41 Å². The summed E-state index contributed by atoms with van der Waals surface area (Å²) < 4.78 is 0. The number of pyridine rings is 1. The zero-order chi connectivity index (χ0) is 11.5. The van der Waals surface area contributed by atoms with Crippen molar-refractivity contribution in [1.82, 2.24) is 15.3 Å².